The van der Waals surface area contributed by atoms with Crippen LogP contribution in [-0.4, -0.2) is 40.2 Å². The summed E-state index contributed by atoms with van der Waals surface area (Å²) in [5, 5.41) is 36.6. The third-order valence-electron chi connectivity index (χ3n) is 3.52. The van der Waals surface area contributed by atoms with Gasteiger partial charge in [-0.1, -0.05) is 34.7 Å². The lowest BCUT2D eigenvalue weighted by Gasteiger charge is -2.18. The molecule has 0 aliphatic rings. The van der Waals surface area contributed by atoms with Crippen LogP contribution in [0.5, 0.6) is 0 Å². The Bertz CT molecular complexity index is 868. The molecule has 2 atom stereocenters. The largest absolute Gasteiger partial charge is 0.368 e. The summed E-state index contributed by atoms with van der Waals surface area (Å²) in [5.74, 6) is 0. The summed E-state index contributed by atoms with van der Waals surface area (Å²) in [7, 11) is 0. The van der Waals surface area contributed by atoms with Gasteiger partial charge < -0.3 is 10.2 Å². The SMILES string of the molecule is O[C@H]([C@H](O)n1nnc2ccccc21)n1nnc2ccccc21. The van der Waals surface area contributed by atoms with Gasteiger partial charge in [0.05, 0.1) is 11.0 Å². The molecule has 2 N–H and O–H groups in total. The number of nitrogens with zero attached hydrogens (tertiary/aromatic N) is 6. The van der Waals surface area contributed by atoms with Crippen LogP contribution in [0.1, 0.15) is 12.5 Å². The van der Waals surface area contributed by atoms with Crippen LogP contribution in [0, 0.1) is 0 Å². The van der Waals surface area contributed by atoms with Gasteiger partial charge in [-0.2, -0.15) is 0 Å². The third-order valence-corrected chi connectivity index (χ3v) is 3.52. The Hall–Kier alpha value is -2.84. The van der Waals surface area contributed by atoms with Gasteiger partial charge in [0.2, 0.25) is 0 Å². The Morgan fingerprint density at radius 1 is 0.682 bits per heavy atom. The van der Waals surface area contributed by atoms with E-state index in [0.29, 0.717) is 22.1 Å². The molecule has 2 heterocycles. The fourth-order valence-corrected chi connectivity index (χ4v) is 2.42. The zero-order valence-electron chi connectivity index (χ0n) is 11.4. The van der Waals surface area contributed by atoms with Gasteiger partial charge in [-0.05, 0) is 24.3 Å². The minimum absolute atomic E-state index is 0.624. The standard InChI is InChI=1S/C14H12N6O2/c21-13(19-11-7-3-1-5-9(11)15-17-19)14(22)20-12-8-4-2-6-10(12)16-18-20/h1-8,13-14,21-22H/t13-,14+. The van der Waals surface area contributed by atoms with Crippen LogP contribution in [-0.2, 0) is 0 Å². The Morgan fingerprint density at radius 3 is 1.55 bits per heavy atom. The lowest BCUT2D eigenvalue weighted by atomic mass is 10.3. The van der Waals surface area contributed by atoms with Gasteiger partial charge in [0, 0.05) is 0 Å². The van der Waals surface area contributed by atoms with Crippen molar-refractivity contribution in [3.8, 4) is 0 Å². The van der Waals surface area contributed by atoms with E-state index in [0.717, 1.165) is 0 Å². The number of aliphatic hydroxyl groups excluding tert-OH is 2. The quantitative estimate of drug-likeness (QED) is 0.581. The molecular formula is C14H12N6O2. The first-order valence-electron chi connectivity index (χ1n) is 6.72. The molecule has 0 radical (unpaired) electrons. The Labute approximate surface area is 124 Å². The van der Waals surface area contributed by atoms with Crippen molar-refractivity contribution < 1.29 is 10.2 Å². The third kappa shape index (κ3) is 1.85. The first-order chi connectivity index (χ1) is 10.8. The monoisotopic (exact) mass is 296 g/mol. The average molecular weight is 296 g/mol. The average Bonchev–Trinajstić information content (AvgIpc) is 3.17. The van der Waals surface area contributed by atoms with Gasteiger partial charge in [0.1, 0.15) is 11.0 Å². The maximum absolute atomic E-state index is 10.4. The summed E-state index contributed by atoms with van der Waals surface area (Å²) >= 11 is 0. The van der Waals surface area contributed by atoms with Crippen molar-refractivity contribution >= 4 is 22.1 Å². The molecule has 0 aliphatic carbocycles. The molecule has 8 nitrogen and oxygen atoms in total. The molecule has 0 saturated heterocycles. The summed E-state index contributed by atoms with van der Waals surface area (Å²) in [6, 6.07) is 14.4. The van der Waals surface area contributed by atoms with Gasteiger partial charge in [-0.3, -0.25) is 0 Å². The molecule has 0 saturated carbocycles. The number of aromatic nitrogens is 6. The van der Waals surface area contributed by atoms with E-state index in [-0.39, 0.29) is 0 Å². The Balaban J connectivity index is 1.77. The lowest BCUT2D eigenvalue weighted by Crippen LogP contribution is -2.24. The molecule has 110 valence electrons. The Kier molecular flexibility index (Phi) is 2.84. The second kappa shape index (κ2) is 4.86. The molecule has 22 heavy (non-hydrogen) atoms. The maximum Gasteiger partial charge on any atom is 0.196 e. The van der Waals surface area contributed by atoms with E-state index in [4.69, 9.17) is 0 Å². The van der Waals surface area contributed by atoms with Crippen LogP contribution in [0.3, 0.4) is 0 Å². The van der Waals surface area contributed by atoms with Crippen LogP contribution in [0.2, 0.25) is 0 Å². The van der Waals surface area contributed by atoms with Crippen molar-refractivity contribution in [2.75, 3.05) is 0 Å². The van der Waals surface area contributed by atoms with Gasteiger partial charge in [-0.25, -0.2) is 9.36 Å². The summed E-state index contributed by atoms with van der Waals surface area (Å²) in [6.07, 6.45) is -2.67. The van der Waals surface area contributed by atoms with Crippen LogP contribution in [0.15, 0.2) is 48.5 Å². The molecule has 0 aliphatic heterocycles. The van der Waals surface area contributed by atoms with Crippen molar-refractivity contribution in [3.63, 3.8) is 0 Å². The zero-order chi connectivity index (χ0) is 15.1. The molecule has 2 aromatic heterocycles. The van der Waals surface area contributed by atoms with E-state index in [2.05, 4.69) is 20.6 Å². The van der Waals surface area contributed by atoms with Crippen LogP contribution in [0.4, 0.5) is 0 Å². The fraction of sp³-hybridized carbons (Fsp3) is 0.143. The predicted molar refractivity (Wildman–Crippen MR) is 77.6 cm³/mol. The van der Waals surface area contributed by atoms with E-state index in [1.165, 1.54) is 9.36 Å². The molecule has 0 bridgehead atoms. The van der Waals surface area contributed by atoms with E-state index in [1.54, 1.807) is 24.3 Å². The number of rotatable bonds is 3. The number of fused-ring (bicyclic) bond motifs is 2. The first kappa shape index (κ1) is 12.9. The highest BCUT2D eigenvalue weighted by Crippen LogP contribution is 2.24. The molecular weight excluding hydrogens is 284 g/mol. The van der Waals surface area contributed by atoms with Crippen LogP contribution >= 0.6 is 0 Å². The number of hydrogen-bond donors (Lipinski definition) is 2. The number of benzene rings is 2. The van der Waals surface area contributed by atoms with Crippen molar-refractivity contribution in [1.29, 1.82) is 0 Å². The van der Waals surface area contributed by atoms with Crippen LogP contribution in [0.25, 0.3) is 22.1 Å². The Morgan fingerprint density at radius 2 is 1.09 bits per heavy atom. The fourth-order valence-electron chi connectivity index (χ4n) is 2.42. The van der Waals surface area contributed by atoms with Gasteiger partial charge in [-0.15, -0.1) is 10.2 Å². The minimum Gasteiger partial charge on any atom is -0.368 e. The number of hydrogen-bond acceptors (Lipinski definition) is 6. The molecule has 4 aromatic rings. The van der Waals surface area contributed by atoms with Crippen LogP contribution < -0.4 is 0 Å². The normalized spacial score (nSPS) is 14.5. The van der Waals surface area contributed by atoms with E-state index < -0.39 is 12.5 Å². The van der Waals surface area contributed by atoms with Crippen molar-refractivity contribution in [2.45, 2.75) is 12.5 Å². The summed E-state index contributed by atoms with van der Waals surface area (Å²) in [4.78, 5) is 0. The molecule has 8 heteroatoms. The van der Waals surface area contributed by atoms with E-state index in [1.807, 2.05) is 24.3 Å². The topological polar surface area (TPSA) is 102 Å². The van der Waals surface area contributed by atoms with Crippen molar-refractivity contribution in [3.05, 3.63) is 48.5 Å². The van der Waals surface area contributed by atoms with Crippen molar-refractivity contribution in [2.24, 2.45) is 0 Å². The highest BCUT2D eigenvalue weighted by molar-refractivity contribution is 5.74. The number of aliphatic hydroxyl groups is 2. The first-order valence-corrected chi connectivity index (χ1v) is 6.72. The molecule has 0 spiro atoms. The summed E-state index contributed by atoms with van der Waals surface area (Å²) < 4.78 is 2.52. The van der Waals surface area contributed by atoms with E-state index in [9.17, 15) is 10.2 Å². The molecule has 0 fully saturated rings. The van der Waals surface area contributed by atoms with Gasteiger partial charge in [0.25, 0.3) is 0 Å². The summed E-state index contributed by atoms with van der Waals surface area (Å²) in [5.41, 5.74) is 2.52. The summed E-state index contributed by atoms with van der Waals surface area (Å²) in [6.45, 7) is 0. The maximum atomic E-state index is 10.4. The highest BCUT2D eigenvalue weighted by atomic mass is 16.4. The van der Waals surface area contributed by atoms with Gasteiger partial charge >= 0.3 is 0 Å². The molecule has 2 aromatic carbocycles. The van der Waals surface area contributed by atoms with Crippen molar-refractivity contribution in [1.82, 2.24) is 30.0 Å². The minimum atomic E-state index is -1.34. The lowest BCUT2D eigenvalue weighted by molar-refractivity contribution is -0.0805. The van der Waals surface area contributed by atoms with Gasteiger partial charge in [0.15, 0.2) is 12.5 Å². The second-order valence-electron chi connectivity index (χ2n) is 4.87. The molecule has 0 unspecified atom stereocenters. The van der Waals surface area contributed by atoms with E-state index >= 15 is 0 Å². The second-order valence-corrected chi connectivity index (χ2v) is 4.87. The number of para-hydroxylation sites is 2. The molecule has 0 amide bonds. The smallest absolute Gasteiger partial charge is 0.196 e. The molecule has 4 rings (SSSR count). The predicted octanol–water partition coefficient (Wildman–Crippen LogP) is 0.858. The zero-order valence-corrected chi connectivity index (χ0v) is 11.4. The highest BCUT2D eigenvalue weighted by Gasteiger charge is 2.25.